The van der Waals surface area contributed by atoms with Crippen molar-refractivity contribution in [3.05, 3.63) is 88.7 Å². The molecule has 0 saturated heterocycles. The number of rotatable bonds is 5. The zero-order valence-corrected chi connectivity index (χ0v) is 17.8. The van der Waals surface area contributed by atoms with Crippen LogP contribution in [0.3, 0.4) is 0 Å². The molecule has 0 radical (unpaired) electrons. The molecule has 0 N–H and O–H groups in total. The molecule has 0 fully saturated rings. The van der Waals surface area contributed by atoms with E-state index in [1.54, 1.807) is 38.3 Å². The topological polar surface area (TPSA) is 61.0 Å². The maximum absolute atomic E-state index is 11.9. The van der Waals surface area contributed by atoms with Crippen LogP contribution in [-0.4, -0.2) is 19.7 Å². The van der Waals surface area contributed by atoms with E-state index in [9.17, 15) is 4.79 Å². The summed E-state index contributed by atoms with van der Waals surface area (Å²) in [6.45, 7) is 2.11. The van der Waals surface area contributed by atoms with Crippen molar-refractivity contribution in [2.24, 2.45) is 4.99 Å². The lowest BCUT2D eigenvalue weighted by atomic mass is 10.1. The number of fused-ring (bicyclic) bond motifs is 1. The number of benzene rings is 3. The minimum Gasteiger partial charge on any atom is -0.497 e. The molecule has 3 aromatic carbocycles. The lowest BCUT2D eigenvalue weighted by Gasteiger charge is -2.08. The second-order valence-electron chi connectivity index (χ2n) is 6.72. The van der Waals surface area contributed by atoms with E-state index in [1.807, 2.05) is 48.5 Å². The fourth-order valence-electron chi connectivity index (χ4n) is 3.19. The standard InChI is InChI=1S/C25H20ClNO4/c1-3-30-25(28)16-8-10-17(11-9-16)27-22-15-24(19-6-4-5-7-21(19)26)31-23-13-12-18(29-2)14-20(22)23/h4-15H,3H2,1-2H3. The number of hydrogen-bond donors (Lipinski definition) is 0. The van der Waals surface area contributed by atoms with Crippen molar-refractivity contribution in [3.8, 4) is 17.1 Å². The van der Waals surface area contributed by atoms with Crippen LogP contribution in [0.1, 0.15) is 17.3 Å². The third kappa shape index (κ3) is 4.47. The lowest BCUT2D eigenvalue weighted by Crippen LogP contribution is -2.05. The van der Waals surface area contributed by atoms with E-state index in [0.29, 0.717) is 45.3 Å². The average molecular weight is 434 g/mol. The molecule has 4 rings (SSSR count). The Bertz CT molecular complexity index is 1310. The van der Waals surface area contributed by atoms with Gasteiger partial charge in [-0.1, -0.05) is 23.7 Å². The van der Waals surface area contributed by atoms with Gasteiger partial charge in [0.15, 0.2) is 0 Å². The van der Waals surface area contributed by atoms with Gasteiger partial charge in [0.2, 0.25) is 0 Å². The van der Waals surface area contributed by atoms with Gasteiger partial charge in [0.25, 0.3) is 0 Å². The predicted octanol–water partition coefficient (Wildman–Crippen LogP) is 6.17. The fraction of sp³-hybridized carbons (Fsp3) is 0.120. The third-order valence-electron chi connectivity index (χ3n) is 4.72. The van der Waals surface area contributed by atoms with E-state index >= 15 is 0 Å². The normalized spacial score (nSPS) is 11.5. The maximum atomic E-state index is 11.9. The van der Waals surface area contributed by atoms with E-state index < -0.39 is 0 Å². The Labute approximate surface area is 184 Å². The van der Waals surface area contributed by atoms with Gasteiger partial charge in [0.1, 0.15) is 17.1 Å². The Morgan fingerprint density at radius 1 is 1.03 bits per heavy atom. The molecule has 0 atom stereocenters. The Morgan fingerprint density at radius 2 is 1.81 bits per heavy atom. The molecule has 0 bridgehead atoms. The van der Waals surface area contributed by atoms with Crippen molar-refractivity contribution in [1.29, 1.82) is 0 Å². The fourth-order valence-corrected chi connectivity index (χ4v) is 3.42. The van der Waals surface area contributed by atoms with E-state index in [0.717, 1.165) is 10.9 Å². The highest BCUT2D eigenvalue weighted by molar-refractivity contribution is 6.33. The van der Waals surface area contributed by atoms with Crippen LogP contribution in [0.25, 0.3) is 22.3 Å². The van der Waals surface area contributed by atoms with Crippen LogP contribution >= 0.6 is 11.6 Å². The molecule has 31 heavy (non-hydrogen) atoms. The second-order valence-corrected chi connectivity index (χ2v) is 7.12. The van der Waals surface area contributed by atoms with Gasteiger partial charge in [-0.2, -0.15) is 0 Å². The summed E-state index contributed by atoms with van der Waals surface area (Å²) in [7, 11) is 1.61. The van der Waals surface area contributed by atoms with Crippen LogP contribution in [0.4, 0.5) is 5.69 Å². The predicted molar refractivity (Wildman–Crippen MR) is 121 cm³/mol. The van der Waals surface area contributed by atoms with Crippen molar-refractivity contribution in [1.82, 2.24) is 0 Å². The lowest BCUT2D eigenvalue weighted by molar-refractivity contribution is 0.0526. The first-order valence-corrected chi connectivity index (χ1v) is 10.2. The summed E-state index contributed by atoms with van der Waals surface area (Å²) in [5, 5.41) is 2.08. The van der Waals surface area contributed by atoms with Gasteiger partial charge in [0, 0.05) is 17.0 Å². The summed E-state index contributed by atoms with van der Waals surface area (Å²) in [5.74, 6) is 0.941. The Balaban J connectivity index is 1.88. The van der Waals surface area contributed by atoms with E-state index in [2.05, 4.69) is 0 Å². The first kappa shape index (κ1) is 20.7. The minimum atomic E-state index is -0.358. The number of carbonyl (C=O) groups is 1. The molecule has 5 nitrogen and oxygen atoms in total. The van der Waals surface area contributed by atoms with Crippen LogP contribution in [0.15, 0.2) is 82.2 Å². The Kier molecular flexibility index (Phi) is 6.05. The van der Waals surface area contributed by atoms with E-state index in [1.165, 1.54) is 0 Å². The Morgan fingerprint density at radius 3 is 2.52 bits per heavy atom. The smallest absolute Gasteiger partial charge is 0.338 e. The molecule has 4 aromatic rings. The summed E-state index contributed by atoms with van der Waals surface area (Å²) < 4.78 is 16.5. The zero-order chi connectivity index (χ0) is 21.8. The minimum absolute atomic E-state index is 0.330. The van der Waals surface area contributed by atoms with Gasteiger partial charge in [-0.05, 0) is 61.5 Å². The monoisotopic (exact) mass is 433 g/mol. The van der Waals surface area contributed by atoms with Gasteiger partial charge in [-0.25, -0.2) is 9.79 Å². The number of hydrogen-bond acceptors (Lipinski definition) is 5. The van der Waals surface area contributed by atoms with E-state index in [-0.39, 0.29) is 5.97 Å². The van der Waals surface area contributed by atoms with Gasteiger partial charge in [0.05, 0.1) is 35.3 Å². The third-order valence-corrected chi connectivity index (χ3v) is 5.05. The molecule has 0 aliphatic heterocycles. The van der Waals surface area contributed by atoms with Crippen LogP contribution in [0, 0.1) is 0 Å². The molecule has 0 amide bonds. The molecule has 0 unspecified atom stereocenters. The van der Waals surface area contributed by atoms with E-state index in [4.69, 9.17) is 30.5 Å². The van der Waals surface area contributed by atoms with Crippen LogP contribution in [-0.2, 0) is 4.74 Å². The number of carbonyl (C=O) groups excluding carboxylic acids is 1. The van der Waals surface area contributed by atoms with Crippen molar-refractivity contribution in [3.63, 3.8) is 0 Å². The average Bonchev–Trinajstić information content (AvgIpc) is 2.79. The number of halogens is 1. The summed E-state index contributed by atoms with van der Waals surface area (Å²) >= 11 is 6.39. The number of nitrogens with zero attached hydrogens (tertiary/aromatic N) is 1. The molecule has 156 valence electrons. The second kappa shape index (κ2) is 9.06. The maximum Gasteiger partial charge on any atom is 0.338 e. The zero-order valence-electron chi connectivity index (χ0n) is 17.1. The van der Waals surface area contributed by atoms with Gasteiger partial charge in [-0.15, -0.1) is 0 Å². The molecule has 0 aliphatic rings. The Hall–Kier alpha value is -3.57. The van der Waals surface area contributed by atoms with Gasteiger partial charge >= 0.3 is 5.97 Å². The number of esters is 1. The SMILES string of the molecule is CCOC(=O)c1ccc(N=c2cc(-c3ccccc3Cl)oc3ccc(OC)cc23)cc1. The molecule has 6 heteroatoms. The summed E-state index contributed by atoms with van der Waals surface area (Å²) in [6, 6.07) is 21.8. The highest BCUT2D eigenvalue weighted by Crippen LogP contribution is 2.30. The van der Waals surface area contributed by atoms with Crippen LogP contribution < -0.4 is 10.1 Å². The van der Waals surface area contributed by atoms with Crippen LogP contribution in [0.5, 0.6) is 5.75 Å². The molecule has 1 heterocycles. The van der Waals surface area contributed by atoms with Crippen molar-refractivity contribution in [2.75, 3.05) is 13.7 Å². The molecular weight excluding hydrogens is 414 g/mol. The largest absolute Gasteiger partial charge is 0.497 e. The van der Waals surface area contributed by atoms with Crippen LogP contribution in [0.2, 0.25) is 5.02 Å². The molecule has 0 aliphatic carbocycles. The first-order chi connectivity index (χ1) is 15.1. The number of methoxy groups -OCH3 is 1. The summed E-state index contributed by atoms with van der Waals surface area (Å²) in [4.78, 5) is 16.7. The molecule has 1 aromatic heterocycles. The molecule has 0 spiro atoms. The van der Waals surface area contributed by atoms with Crippen molar-refractivity contribution >= 4 is 34.2 Å². The summed E-state index contributed by atoms with van der Waals surface area (Å²) in [5.41, 5.74) is 2.59. The van der Waals surface area contributed by atoms with Crippen molar-refractivity contribution < 1.29 is 18.7 Å². The quantitative estimate of drug-likeness (QED) is 0.353. The molecular formula is C25H20ClNO4. The highest BCUT2D eigenvalue weighted by atomic mass is 35.5. The van der Waals surface area contributed by atoms with Crippen molar-refractivity contribution in [2.45, 2.75) is 6.92 Å². The first-order valence-electron chi connectivity index (χ1n) is 9.77. The number of ether oxygens (including phenoxy) is 2. The van der Waals surface area contributed by atoms with Gasteiger partial charge < -0.3 is 13.9 Å². The summed E-state index contributed by atoms with van der Waals surface area (Å²) in [6.07, 6.45) is 0. The molecule has 0 saturated carbocycles. The highest BCUT2D eigenvalue weighted by Gasteiger charge is 2.10. The van der Waals surface area contributed by atoms with Gasteiger partial charge in [-0.3, -0.25) is 0 Å².